The third kappa shape index (κ3) is 4.72. The van der Waals surface area contributed by atoms with E-state index in [1.54, 1.807) is 0 Å². The molecule has 6 heteroatoms. The molecule has 2 aromatic rings. The van der Waals surface area contributed by atoms with Crippen molar-refractivity contribution in [3.63, 3.8) is 0 Å². The third-order valence-electron chi connectivity index (χ3n) is 4.41. The van der Waals surface area contributed by atoms with Crippen LogP contribution in [0.4, 0.5) is 10.6 Å². The number of pyridine rings is 1. The van der Waals surface area contributed by atoms with Gasteiger partial charge in [-0.15, -0.1) is 0 Å². The summed E-state index contributed by atoms with van der Waals surface area (Å²) in [6, 6.07) is 11.6. The van der Waals surface area contributed by atoms with Gasteiger partial charge in [-0.25, -0.2) is 9.78 Å². The lowest BCUT2D eigenvalue weighted by molar-refractivity contribution is 0.237. The van der Waals surface area contributed by atoms with Gasteiger partial charge in [0.1, 0.15) is 5.82 Å². The second-order valence-electron chi connectivity index (χ2n) is 6.29. The average molecular weight is 403 g/mol. The molecule has 0 bridgehead atoms. The smallest absolute Gasteiger partial charge is 0.315 e. The summed E-state index contributed by atoms with van der Waals surface area (Å²) in [4.78, 5) is 18.9. The van der Waals surface area contributed by atoms with Gasteiger partial charge >= 0.3 is 6.03 Å². The Balaban J connectivity index is 1.54. The normalized spacial score (nSPS) is 15.0. The minimum atomic E-state index is -0.178. The lowest BCUT2D eigenvalue weighted by Crippen LogP contribution is -2.36. The fourth-order valence-electron chi connectivity index (χ4n) is 3.02. The van der Waals surface area contributed by atoms with Crippen LogP contribution < -0.4 is 15.5 Å². The summed E-state index contributed by atoms with van der Waals surface area (Å²) < 4.78 is 0.993. The maximum atomic E-state index is 12.2. The first-order valence-electron chi connectivity index (χ1n) is 8.62. The van der Waals surface area contributed by atoms with Crippen molar-refractivity contribution in [2.75, 3.05) is 18.0 Å². The van der Waals surface area contributed by atoms with Gasteiger partial charge in [-0.2, -0.15) is 0 Å². The molecule has 2 N–H and O–H groups in total. The number of halogens is 1. The van der Waals surface area contributed by atoms with E-state index in [1.165, 1.54) is 12.8 Å². The second-order valence-corrected chi connectivity index (χ2v) is 7.14. The molecule has 25 heavy (non-hydrogen) atoms. The zero-order chi connectivity index (χ0) is 17.6. The van der Waals surface area contributed by atoms with Crippen molar-refractivity contribution in [3.05, 3.63) is 58.2 Å². The molecule has 1 saturated heterocycles. The first kappa shape index (κ1) is 17.7. The van der Waals surface area contributed by atoms with Crippen LogP contribution in [0.2, 0.25) is 0 Å². The summed E-state index contributed by atoms with van der Waals surface area (Å²) in [6.07, 6.45) is 4.26. The maximum absolute atomic E-state index is 12.2. The number of hydrogen-bond donors (Lipinski definition) is 2. The fourth-order valence-corrected chi connectivity index (χ4v) is 3.65. The van der Waals surface area contributed by atoms with E-state index in [-0.39, 0.29) is 12.1 Å². The molecule has 0 radical (unpaired) electrons. The molecule has 2 amide bonds. The van der Waals surface area contributed by atoms with Crippen molar-refractivity contribution >= 4 is 27.8 Å². The van der Waals surface area contributed by atoms with Crippen LogP contribution >= 0.6 is 15.9 Å². The number of nitrogens with one attached hydrogen (secondary N) is 2. The van der Waals surface area contributed by atoms with Gasteiger partial charge in [0.2, 0.25) is 0 Å². The lowest BCUT2D eigenvalue weighted by atomic mass is 10.1. The summed E-state index contributed by atoms with van der Waals surface area (Å²) in [6.45, 7) is 4.58. The molecule has 3 rings (SSSR count). The fraction of sp³-hybridized carbons (Fsp3) is 0.368. The third-order valence-corrected chi connectivity index (χ3v) is 5.13. The summed E-state index contributed by atoms with van der Waals surface area (Å²) in [5.74, 6) is 0.999. The SMILES string of the molecule is CC(NC(=O)NCc1ccnc(N2CCCC2)c1)c1ccccc1Br. The molecule has 5 nitrogen and oxygen atoms in total. The first-order valence-corrected chi connectivity index (χ1v) is 9.41. The van der Waals surface area contributed by atoms with Gasteiger partial charge < -0.3 is 15.5 Å². The molecule has 2 heterocycles. The van der Waals surface area contributed by atoms with E-state index in [0.717, 1.165) is 34.5 Å². The van der Waals surface area contributed by atoms with Crippen molar-refractivity contribution < 1.29 is 4.79 Å². The predicted octanol–water partition coefficient (Wildman–Crippen LogP) is 4.00. The Kier molecular flexibility index (Phi) is 5.91. The van der Waals surface area contributed by atoms with Crippen LogP contribution in [0.3, 0.4) is 0 Å². The lowest BCUT2D eigenvalue weighted by Gasteiger charge is -2.18. The zero-order valence-corrected chi connectivity index (χ0v) is 15.9. The monoisotopic (exact) mass is 402 g/mol. The van der Waals surface area contributed by atoms with Crippen LogP contribution in [-0.2, 0) is 6.54 Å². The molecule has 1 unspecified atom stereocenters. The molecule has 1 aliphatic rings. The van der Waals surface area contributed by atoms with Crippen LogP contribution in [0, 0.1) is 0 Å². The van der Waals surface area contributed by atoms with Gasteiger partial charge in [0.15, 0.2) is 0 Å². The van der Waals surface area contributed by atoms with Crippen LogP contribution in [0.15, 0.2) is 47.1 Å². The van der Waals surface area contributed by atoms with E-state index in [1.807, 2.05) is 43.5 Å². The van der Waals surface area contributed by atoms with E-state index in [9.17, 15) is 4.79 Å². The Morgan fingerprint density at radius 3 is 2.80 bits per heavy atom. The van der Waals surface area contributed by atoms with Crippen molar-refractivity contribution in [1.29, 1.82) is 0 Å². The molecule has 1 aromatic heterocycles. The number of benzene rings is 1. The van der Waals surface area contributed by atoms with Crippen molar-refractivity contribution in [3.8, 4) is 0 Å². The highest BCUT2D eigenvalue weighted by molar-refractivity contribution is 9.10. The average Bonchev–Trinajstić information content (AvgIpc) is 3.15. The van der Waals surface area contributed by atoms with Crippen molar-refractivity contribution in [2.24, 2.45) is 0 Å². The summed E-state index contributed by atoms with van der Waals surface area (Å²) >= 11 is 3.52. The molecule has 1 fully saturated rings. The number of rotatable bonds is 5. The van der Waals surface area contributed by atoms with E-state index in [0.29, 0.717) is 6.54 Å². The first-order chi connectivity index (χ1) is 12.1. The minimum Gasteiger partial charge on any atom is -0.357 e. The van der Waals surface area contributed by atoms with E-state index < -0.39 is 0 Å². The number of carbonyl (C=O) groups is 1. The quantitative estimate of drug-likeness (QED) is 0.794. The highest BCUT2D eigenvalue weighted by Gasteiger charge is 2.14. The Morgan fingerprint density at radius 2 is 2.04 bits per heavy atom. The largest absolute Gasteiger partial charge is 0.357 e. The number of anilines is 1. The Bertz CT molecular complexity index is 731. The van der Waals surface area contributed by atoms with Crippen LogP contribution in [0.1, 0.15) is 36.9 Å². The van der Waals surface area contributed by atoms with Crippen LogP contribution in [0.5, 0.6) is 0 Å². The van der Waals surface area contributed by atoms with Crippen LogP contribution in [0.25, 0.3) is 0 Å². The van der Waals surface area contributed by atoms with Crippen molar-refractivity contribution in [1.82, 2.24) is 15.6 Å². The molecule has 1 aromatic carbocycles. The van der Waals surface area contributed by atoms with Gasteiger partial charge in [-0.1, -0.05) is 34.1 Å². The minimum absolute atomic E-state index is 0.0758. The summed E-state index contributed by atoms with van der Waals surface area (Å²) in [5.41, 5.74) is 2.11. The van der Waals surface area contributed by atoms with Gasteiger partial charge in [0.25, 0.3) is 0 Å². The van der Waals surface area contributed by atoms with Gasteiger partial charge in [-0.05, 0) is 49.1 Å². The highest BCUT2D eigenvalue weighted by Crippen LogP contribution is 2.22. The molecule has 0 spiro atoms. The van der Waals surface area contributed by atoms with E-state index >= 15 is 0 Å². The molecular formula is C19H23BrN4O. The summed E-state index contributed by atoms with van der Waals surface area (Å²) in [7, 11) is 0. The molecule has 1 aliphatic heterocycles. The molecule has 1 atom stereocenters. The molecule has 0 aliphatic carbocycles. The number of hydrogen-bond acceptors (Lipinski definition) is 3. The van der Waals surface area contributed by atoms with Crippen molar-refractivity contribution in [2.45, 2.75) is 32.4 Å². The zero-order valence-electron chi connectivity index (χ0n) is 14.3. The Labute approximate surface area is 157 Å². The molecular weight excluding hydrogens is 380 g/mol. The molecule has 0 saturated carbocycles. The predicted molar refractivity (Wildman–Crippen MR) is 104 cm³/mol. The highest BCUT2D eigenvalue weighted by atomic mass is 79.9. The molecule has 132 valence electrons. The number of nitrogens with zero attached hydrogens (tertiary/aromatic N) is 2. The summed E-state index contributed by atoms with van der Waals surface area (Å²) in [5, 5.41) is 5.90. The number of carbonyl (C=O) groups excluding carboxylic acids is 1. The number of aromatic nitrogens is 1. The van der Waals surface area contributed by atoms with Gasteiger partial charge in [0, 0.05) is 30.3 Å². The van der Waals surface area contributed by atoms with Crippen LogP contribution in [-0.4, -0.2) is 24.1 Å². The Hall–Kier alpha value is -2.08. The number of amides is 2. The van der Waals surface area contributed by atoms with E-state index in [2.05, 4.69) is 42.5 Å². The van der Waals surface area contributed by atoms with E-state index in [4.69, 9.17) is 0 Å². The maximum Gasteiger partial charge on any atom is 0.315 e. The second kappa shape index (κ2) is 8.34. The standard InChI is InChI=1S/C19H23BrN4O/c1-14(16-6-2-3-7-17(16)20)23-19(25)22-13-15-8-9-21-18(12-15)24-10-4-5-11-24/h2-3,6-9,12,14H,4-5,10-11,13H2,1H3,(H2,22,23,25). The Morgan fingerprint density at radius 1 is 1.28 bits per heavy atom. The topological polar surface area (TPSA) is 57.3 Å². The van der Waals surface area contributed by atoms with Gasteiger partial charge in [-0.3, -0.25) is 0 Å². The van der Waals surface area contributed by atoms with Gasteiger partial charge in [0.05, 0.1) is 6.04 Å². The number of urea groups is 1.